The van der Waals surface area contributed by atoms with E-state index in [0.29, 0.717) is 10.8 Å². The number of hydroxylamine groups is 1. The number of hydrogen-bond acceptors (Lipinski definition) is 2. The lowest BCUT2D eigenvalue weighted by Crippen LogP contribution is -2.23. The summed E-state index contributed by atoms with van der Waals surface area (Å²) in [4.78, 5) is 10.8. The SMILES string of the molecule is C/C=C/c1ccc(N(O)C(C)=O)cc1. The van der Waals surface area contributed by atoms with Crippen LogP contribution in [0.5, 0.6) is 0 Å². The Morgan fingerprint density at radius 3 is 2.36 bits per heavy atom. The third-order valence-corrected chi connectivity index (χ3v) is 1.80. The highest BCUT2D eigenvalue weighted by atomic mass is 16.5. The van der Waals surface area contributed by atoms with Crippen LogP contribution < -0.4 is 5.06 Å². The summed E-state index contributed by atoms with van der Waals surface area (Å²) in [5.41, 5.74) is 1.51. The van der Waals surface area contributed by atoms with Crippen molar-refractivity contribution in [2.75, 3.05) is 5.06 Å². The molecule has 0 heterocycles. The van der Waals surface area contributed by atoms with Gasteiger partial charge in [0, 0.05) is 6.92 Å². The number of allylic oxidation sites excluding steroid dienone is 1. The molecular weight excluding hydrogens is 178 g/mol. The normalized spacial score (nSPS) is 10.5. The quantitative estimate of drug-likeness (QED) is 0.576. The Kier molecular flexibility index (Phi) is 3.42. The highest BCUT2D eigenvalue weighted by molar-refractivity contribution is 5.88. The van der Waals surface area contributed by atoms with Crippen molar-refractivity contribution in [3.05, 3.63) is 35.9 Å². The molecule has 0 aromatic heterocycles. The first-order chi connectivity index (χ1) is 6.65. The van der Waals surface area contributed by atoms with Gasteiger partial charge < -0.3 is 0 Å². The van der Waals surface area contributed by atoms with Crippen LogP contribution in [0.15, 0.2) is 30.3 Å². The van der Waals surface area contributed by atoms with Gasteiger partial charge >= 0.3 is 0 Å². The minimum Gasteiger partial charge on any atom is -0.281 e. The van der Waals surface area contributed by atoms with E-state index >= 15 is 0 Å². The lowest BCUT2D eigenvalue weighted by molar-refractivity contribution is -0.121. The molecule has 1 rings (SSSR count). The molecule has 0 saturated heterocycles. The van der Waals surface area contributed by atoms with Crippen LogP contribution in [0.25, 0.3) is 6.08 Å². The lowest BCUT2D eigenvalue weighted by Gasteiger charge is -2.11. The van der Waals surface area contributed by atoms with Crippen molar-refractivity contribution >= 4 is 17.7 Å². The van der Waals surface area contributed by atoms with E-state index in [2.05, 4.69) is 0 Å². The van der Waals surface area contributed by atoms with Crippen LogP contribution in [0.3, 0.4) is 0 Å². The van der Waals surface area contributed by atoms with Gasteiger partial charge in [0.05, 0.1) is 5.69 Å². The Bertz CT molecular complexity index is 341. The van der Waals surface area contributed by atoms with Crippen LogP contribution >= 0.6 is 0 Å². The van der Waals surface area contributed by atoms with E-state index in [-0.39, 0.29) is 0 Å². The van der Waals surface area contributed by atoms with E-state index in [9.17, 15) is 10.0 Å². The van der Waals surface area contributed by atoms with E-state index in [1.165, 1.54) is 6.92 Å². The molecule has 0 aliphatic carbocycles. The Labute approximate surface area is 83.2 Å². The zero-order chi connectivity index (χ0) is 10.6. The molecule has 1 N–H and O–H groups in total. The van der Waals surface area contributed by atoms with Crippen molar-refractivity contribution in [1.29, 1.82) is 0 Å². The molecule has 14 heavy (non-hydrogen) atoms. The summed E-state index contributed by atoms with van der Waals surface area (Å²) >= 11 is 0. The molecule has 0 aliphatic heterocycles. The van der Waals surface area contributed by atoms with Crippen LogP contribution in [-0.2, 0) is 4.79 Å². The van der Waals surface area contributed by atoms with Crippen LogP contribution in [0.1, 0.15) is 19.4 Å². The highest BCUT2D eigenvalue weighted by Crippen LogP contribution is 2.14. The van der Waals surface area contributed by atoms with E-state index in [4.69, 9.17) is 0 Å². The average molecular weight is 191 g/mol. The summed E-state index contributed by atoms with van der Waals surface area (Å²) in [5.74, 6) is -0.399. The first-order valence-corrected chi connectivity index (χ1v) is 4.37. The van der Waals surface area contributed by atoms with Gasteiger partial charge in [-0.2, -0.15) is 5.06 Å². The molecule has 0 fully saturated rings. The molecule has 0 aliphatic rings. The number of carbonyl (C=O) groups is 1. The Morgan fingerprint density at radius 1 is 1.36 bits per heavy atom. The number of hydrogen-bond donors (Lipinski definition) is 1. The number of amides is 1. The zero-order valence-electron chi connectivity index (χ0n) is 8.27. The first-order valence-electron chi connectivity index (χ1n) is 4.37. The highest BCUT2D eigenvalue weighted by Gasteiger charge is 2.06. The third-order valence-electron chi connectivity index (χ3n) is 1.80. The van der Waals surface area contributed by atoms with Crippen molar-refractivity contribution < 1.29 is 10.0 Å². The number of benzene rings is 1. The molecular formula is C11H13NO2. The largest absolute Gasteiger partial charge is 0.281 e. The molecule has 0 saturated carbocycles. The van der Waals surface area contributed by atoms with Gasteiger partial charge in [0.25, 0.3) is 0 Å². The molecule has 74 valence electrons. The maximum atomic E-state index is 10.8. The van der Waals surface area contributed by atoms with Crippen molar-refractivity contribution in [2.45, 2.75) is 13.8 Å². The molecule has 1 amide bonds. The van der Waals surface area contributed by atoms with Gasteiger partial charge in [-0.3, -0.25) is 10.0 Å². The summed E-state index contributed by atoms with van der Waals surface area (Å²) in [7, 11) is 0. The minimum atomic E-state index is -0.399. The Balaban J connectivity index is 2.88. The van der Waals surface area contributed by atoms with Gasteiger partial charge in [-0.05, 0) is 24.6 Å². The summed E-state index contributed by atoms with van der Waals surface area (Å²) in [5, 5.41) is 9.91. The van der Waals surface area contributed by atoms with Gasteiger partial charge in [-0.1, -0.05) is 24.3 Å². The van der Waals surface area contributed by atoms with E-state index < -0.39 is 5.91 Å². The monoisotopic (exact) mass is 191 g/mol. The van der Waals surface area contributed by atoms with Crippen LogP contribution in [0, 0.1) is 0 Å². The molecule has 0 spiro atoms. The number of carbonyl (C=O) groups excluding carboxylic acids is 1. The van der Waals surface area contributed by atoms with Gasteiger partial charge in [-0.25, -0.2) is 0 Å². The van der Waals surface area contributed by atoms with Gasteiger partial charge in [0.2, 0.25) is 5.91 Å². The predicted molar refractivity (Wildman–Crippen MR) is 56.1 cm³/mol. The summed E-state index contributed by atoms with van der Waals surface area (Å²) < 4.78 is 0. The molecule has 1 aromatic carbocycles. The van der Waals surface area contributed by atoms with Gasteiger partial charge in [0.15, 0.2) is 0 Å². The molecule has 3 heteroatoms. The molecule has 3 nitrogen and oxygen atoms in total. The molecule has 0 unspecified atom stereocenters. The standard InChI is InChI=1S/C11H13NO2/c1-3-4-10-5-7-11(8-6-10)12(14)9(2)13/h3-8,14H,1-2H3/b4-3+. The lowest BCUT2D eigenvalue weighted by atomic mass is 10.2. The van der Waals surface area contributed by atoms with E-state index in [1.807, 2.05) is 31.2 Å². The van der Waals surface area contributed by atoms with Crippen LogP contribution in [-0.4, -0.2) is 11.1 Å². The van der Waals surface area contributed by atoms with E-state index in [0.717, 1.165) is 5.56 Å². The number of anilines is 1. The zero-order valence-corrected chi connectivity index (χ0v) is 8.27. The van der Waals surface area contributed by atoms with Crippen molar-refractivity contribution in [3.8, 4) is 0 Å². The second-order valence-corrected chi connectivity index (χ2v) is 2.92. The van der Waals surface area contributed by atoms with E-state index in [1.54, 1.807) is 12.1 Å². The van der Waals surface area contributed by atoms with Gasteiger partial charge in [0.1, 0.15) is 0 Å². The first kappa shape index (κ1) is 10.5. The van der Waals surface area contributed by atoms with Crippen molar-refractivity contribution in [1.82, 2.24) is 0 Å². The van der Waals surface area contributed by atoms with Crippen LogP contribution in [0.4, 0.5) is 5.69 Å². The maximum Gasteiger partial charge on any atom is 0.247 e. The van der Waals surface area contributed by atoms with Crippen molar-refractivity contribution in [2.24, 2.45) is 0 Å². The fraction of sp³-hybridized carbons (Fsp3) is 0.182. The molecule has 0 atom stereocenters. The summed E-state index contributed by atoms with van der Waals surface area (Å²) in [6, 6.07) is 7.05. The second-order valence-electron chi connectivity index (χ2n) is 2.92. The third kappa shape index (κ3) is 2.44. The summed E-state index contributed by atoms with van der Waals surface area (Å²) in [6.45, 7) is 3.24. The maximum absolute atomic E-state index is 10.8. The second kappa shape index (κ2) is 4.58. The minimum absolute atomic E-state index is 0.399. The smallest absolute Gasteiger partial charge is 0.247 e. The fourth-order valence-electron chi connectivity index (χ4n) is 1.10. The Morgan fingerprint density at radius 2 is 1.93 bits per heavy atom. The fourth-order valence-corrected chi connectivity index (χ4v) is 1.10. The molecule has 1 aromatic rings. The average Bonchev–Trinajstić information content (AvgIpc) is 2.18. The predicted octanol–water partition coefficient (Wildman–Crippen LogP) is 2.46. The molecule has 0 bridgehead atoms. The number of nitrogens with zero attached hydrogens (tertiary/aromatic N) is 1. The van der Waals surface area contributed by atoms with Crippen molar-refractivity contribution in [3.63, 3.8) is 0 Å². The summed E-state index contributed by atoms with van der Waals surface area (Å²) in [6.07, 6.45) is 3.87. The topological polar surface area (TPSA) is 40.5 Å². The number of rotatable bonds is 2. The van der Waals surface area contributed by atoms with Crippen LogP contribution in [0.2, 0.25) is 0 Å². The Hall–Kier alpha value is -1.61. The van der Waals surface area contributed by atoms with Gasteiger partial charge in [-0.15, -0.1) is 0 Å². The molecule has 0 radical (unpaired) electrons.